The van der Waals surface area contributed by atoms with Gasteiger partial charge in [-0.2, -0.15) is 0 Å². The van der Waals surface area contributed by atoms with Gasteiger partial charge in [0.2, 0.25) is 0 Å². The molecule has 1 unspecified atom stereocenters. The highest BCUT2D eigenvalue weighted by Crippen LogP contribution is 2.34. The minimum atomic E-state index is -0.320. The molecule has 0 N–H and O–H groups in total. The van der Waals surface area contributed by atoms with Gasteiger partial charge in [0.05, 0.1) is 13.2 Å². The first-order valence-electron chi connectivity index (χ1n) is 4.43. The van der Waals surface area contributed by atoms with E-state index in [9.17, 15) is 0 Å². The maximum absolute atomic E-state index is 5.44. The summed E-state index contributed by atoms with van der Waals surface area (Å²) in [4.78, 5) is 0. The molecule has 1 fully saturated rings. The molecule has 12 heavy (non-hydrogen) atoms. The minimum absolute atomic E-state index is 0.320. The predicted octanol–water partition coefficient (Wildman–Crippen LogP) is 1.49. The zero-order valence-corrected chi connectivity index (χ0v) is 9.15. The van der Waals surface area contributed by atoms with Crippen molar-refractivity contribution in [3.8, 4) is 0 Å². The van der Waals surface area contributed by atoms with E-state index in [0.29, 0.717) is 6.10 Å². The molecule has 74 valence electrons. The van der Waals surface area contributed by atoms with Crippen molar-refractivity contribution >= 4 is 10.0 Å². The van der Waals surface area contributed by atoms with Gasteiger partial charge < -0.3 is 9.47 Å². The van der Waals surface area contributed by atoms with E-state index >= 15 is 0 Å². The summed E-state index contributed by atoms with van der Waals surface area (Å²) in [5, 5.41) is 0. The van der Waals surface area contributed by atoms with Gasteiger partial charge in [0, 0.05) is 6.61 Å². The van der Waals surface area contributed by atoms with Crippen molar-refractivity contribution in [2.24, 2.45) is 0 Å². The molecule has 1 heterocycles. The molecule has 0 aromatic rings. The normalized spacial score (nSPS) is 24.1. The molecule has 0 amide bonds. The van der Waals surface area contributed by atoms with Crippen LogP contribution in [0, 0.1) is 0 Å². The molecule has 0 aliphatic carbocycles. The molecule has 3 heteroatoms. The molecule has 2 nitrogen and oxygen atoms in total. The van der Waals surface area contributed by atoms with Crippen LogP contribution in [0.3, 0.4) is 0 Å². The Bertz CT molecular complexity index is 127. The molecule has 1 rings (SSSR count). The van der Waals surface area contributed by atoms with Crippen molar-refractivity contribution in [3.05, 3.63) is 0 Å². The molecule has 1 atom stereocenters. The van der Waals surface area contributed by atoms with Crippen LogP contribution in [0.4, 0.5) is 0 Å². The Morgan fingerprint density at radius 1 is 1.42 bits per heavy atom. The molecule has 0 saturated carbocycles. The maximum Gasteiger partial charge on any atom is 0.104 e. The first-order valence-corrected chi connectivity index (χ1v) is 7.46. The lowest BCUT2D eigenvalue weighted by Crippen LogP contribution is -2.06. The van der Waals surface area contributed by atoms with E-state index in [1.165, 1.54) is 12.2 Å². The molecule has 0 radical (unpaired) electrons. The number of hydrogen-bond donors (Lipinski definition) is 0. The smallest absolute Gasteiger partial charge is 0.104 e. The van der Waals surface area contributed by atoms with E-state index in [-0.39, 0.29) is 10.0 Å². The van der Waals surface area contributed by atoms with Crippen LogP contribution in [-0.2, 0) is 9.47 Å². The molecule has 0 bridgehead atoms. The van der Waals surface area contributed by atoms with Crippen LogP contribution in [0.2, 0.25) is 0 Å². The Hall–Kier alpha value is 0.270. The first kappa shape index (κ1) is 10.4. The summed E-state index contributed by atoms with van der Waals surface area (Å²) in [5.74, 6) is 1.32. The van der Waals surface area contributed by atoms with E-state index in [1.807, 2.05) is 0 Å². The molecule has 0 aromatic carbocycles. The fourth-order valence-corrected chi connectivity index (χ4v) is 1.96. The third-order valence-electron chi connectivity index (χ3n) is 1.75. The van der Waals surface area contributed by atoms with Gasteiger partial charge in [-0.3, -0.25) is 0 Å². The Morgan fingerprint density at radius 2 is 2.08 bits per heavy atom. The second-order valence-corrected chi connectivity index (χ2v) is 8.77. The Balaban J connectivity index is 1.82. The van der Waals surface area contributed by atoms with Crippen LogP contribution in [-0.4, -0.2) is 50.4 Å². The van der Waals surface area contributed by atoms with E-state index in [0.717, 1.165) is 19.8 Å². The molecule has 1 saturated heterocycles. The van der Waals surface area contributed by atoms with Crippen LogP contribution >= 0.6 is 10.0 Å². The highest BCUT2D eigenvalue weighted by Gasteiger charge is 2.21. The summed E-state index contributed by atoms with van der Waals surface area (Å²) in [6, 6.07) is 0. The lowest BCUT2D eigenvalue weighted by molar-refractivity contribution is 0.117. The zero-order chi connectivity index (χ0) is 9.03. The summed E-state index contributed by atoms with van der Waals surface area (Å²) < 4.78 is 10.5. The molecular formula is C9H20O2S. The van der Waals surface area contributed by atoms with Crippen LogP contribution < -0.4 is 0 Å². The standard InChI is InChI=1S/C9H20O2S/c1-12(2,3)6-4-5-10-7-9-8-11-9/h9H,4-8H2,1-3H3. The molecule has 0 aromatic heterocycles. The summed E-state index contributed by atoms with van der Waals surface area (Å²) in [5.41, 5.74) is 0. The Labute approximate surface area is 76.9 Å². The quantitative estimate of drug-likeness (QED) is 0.470. The summed E-state index contributed by atoms with van der Waals surface area (Å²) in [6.07, 6.45) is 8.66. The van der Waals surface area contributed by atoms with E-state index in [2.05, 4.69) is 18.8 Å². The highest BCUT2D eigenvalue weighted by molar-refractivity contribution is 8.32. The van der Waals surface area contributed by atoms with E-state index in [4.69, 9.17) is 9.47 Å². The van der Waals surface area contributed by atoms with Crippen molar-refractivity contribution in [2.75, 3.05) is 44.3 Å². The highest BCUT2D eigenvalue weighted by atomic mass is 32.3. The van der Waals surface area contributed by atoms with Gasteiger partial charge in [-0.05, 0) is 30.9 Å². The van der Waals surface area contributed by atoms with E-state index in [1.54, 1.807) is 0 Å². The van der Waals surface area contributed by atoms with Gasteiger partial charge in [-0.1, -0.05) is 0 Å². The second kappa shape index (κ2) is 4.49. The van der Waals surface area contributed by atoms with Gasteiger partial charge in [-0.25, -0.2) is 10.0 Å². The average Bonchev–Trinajstić information content (AvgIpc) is 2.68. The van der Waals surface area contributed by atoms with Gasteiger partial charge in [0.25, 0.3) is 0 Å². The first-order chi connectivity index (χ1) is 5.58. The van der Waals surface area contributed by atoms with Crippen LogP contribution in [0.1, 0.15) is 6.42 Å². The SMILES string of the molecule is CS(C)(C)CCCOCC1CO1. The monoisotopic (exact) mass is 192 g/mol. The summed E-state index contributed by atoms with van der Waals surface area (Å²) in [6.45, 7) is 2.62. The third kappa shape index (κ3) is 5.86. The minimum Gasteiger partial charge on any atom is -0.379 e. The lowest BCUT2D eigenvalue weighted by atomic mass is 10.5. The molecule has 0 spiro atoms. The fraction of sp³-hybridized carbons (Fsp3) is 1.00. The Kier molecular flexibility index (Phi) is 3.87. The van der Waals surface area contributed by atoms with Gasteiger partial charge in [0.1, 0.15) is 6.10 Å². The van der Waals surface area contributed by atoms with Crippen molar-refractivity contribution < 1.29 is 9.47 Å². The fourth-order valence-electron chi connectivity index (χ4n) is 0.973. The zero-order valence-electron chi connectivity index (χ0n) is 8.34. The van der Waals surface area contributed by atoms with Gasteiger partial charge >= 0.3 is 0 Å². The second-order valence-electron chi connectivity index (χ2n) is 4.18. The van der Waals surface area contributed by atoms with Gasteiger partial charge in [-0.15, -0.1) is 0 Å². The van der Waals surface area contributed by atoms with Gasteiger partial charge in [0.15, 0.2) is 0 Å². The molecule has 1 aliphatic heterocycles. The lowest BCUT2D eigenvalue weighted by Gasteiger charge is -2.24. The maximum atomic E-state index is 5.44. The predicted molar refractivity (Wildman–Crippen MR) is 55.4 cm³/mol. The van der Waals surface area contributed by atoms with Crippen molar-refractivity contribution in [2.45, 2.75) is 12.5 Å². The number of ether oxygens (including phenoxy) is 2. The number of rotatable bonds is 6. The van der Waals surface area contributed by atoms with Crippen molar-refractivity contribution in [3.63, 3.8) is 0 Å². The number of hydrogen-bond acceptors (Lipinski definition) is 2. The molecular weight excluding hydrogens is 172 g/mol. The van der Waals surface area contributed by atoms with Crippen molar-refractivity contribution in [1.29, 1.82) is 0 Å². The molecule has 1 aliphatic rings. The largest absolute Gasteiger partial charge is 0.379 e. The van der Waals surface area contributed by atoms with E-state index < -0.39 is 0 Å². The van der Waals surface area contributed by atoms with Crippen molar-refractivity contribution in [1.82, 2.24) is 0 Å². The van der Waals surface area contributed by atoms with Crippen LogP contribution in [0.25, 0.3) is 0 Å². The van der Waals surface area contributed by atoms with Crippen LogP contribution in [0.5, 0.6) is 0 Å². The average molecular weight is 192 g/mol. The number of epoxide rings is 1. The summed E-state index contributed by atoms with van der Waals surface area (Å²) >= 11 is 0. The third-order valence-corrected chi connectivity index (χ3v) is 3.26. The Morgan fingerprint density at radius 3 is 2.58 bits per heavy atom. The summed E-state index contributed by atoms with van der Waals surface area (Å²) in [7, 11) is -0.320. The van der Waals surface area contributed by atoms with Crippen LogP contribution in [0.15, 0.2) is 0 Å². The topological polar surface area (TPSA) is 21.8 Å².